The molecule has 17 heavy (non-hydrogen) atoms. The minimum absolute atomic E-state index is 0.0777. The second kappa shape index (κ2) is 4.74. The van der Waals surface area contributed by atoms with Crippen LogP contribution in [0.5, 0.6) is 11.5 Å². The summed E-state index contributed by atoms with van der Waals surface area (Å²) in [5.41, 5.74) is 1.32. The van der Waals surface area contributed by atoms with E-state index in [1.807, 2.05) is 19.1 Å². The average Bonchev–Trinajstić information content (AvgIpc) is 2.30. The normalized spacial score (nSPS) is 12.1. The van der Waals surface area contributed by atoms with E-state index in [2.05, 4.69) is 10.3 Å². The van der Waals surface area contributed by atoms with Gasteiger partial charge in [0.25, 0.3) is 0 Å². The van der Waals surface area contributed by atoms with Crippen molar-refractivity contribution in [1.29, 1.82) is 0 Å². The third-order valence-electron chi connectivity index (χ3n) is 2.54. The Bertz CT molecular complexity index is 480. The third kappa shape index (κ3) is 2.47. The van der Waals surface area contributed by atoms with Gasteiger partial charge in [-0.15, -0.1) is 0 Å². The minimum atomic E-state index is -0.208. The Morgan fingerprint density at radius 2 is 1.82 bits per heavy atom. The van der Waals surface area contributed by atoms with E-state index in [9.17, 15) is 10.2 Å². The number of rotatable bonds is 3. The maximum absolute atomic E-state index is 9.72. The Hall–Kier alpha value is -2.23. The van der Waals surface area contributed by atoms with Crippen molar-refractivity contribution in [2.75, 3.05) is 5.32 Å². The number of phenols is 2. The van der Waals surface area contributed by atoms with Gasteiger partial charge in [-0.05, 0) is 31.2 Å². The summed E-state index contributed by atoms with van der Waals surface area (Å²) in [6, 6.07) is 8.19. The molecule has 2 aromatic rings. The molecular formula is C13H14N2O2. The number of aromatic hydroxyl groups is 2. The first-order chi connectivity index (χ1) is 8.18. The first-order valence-corrected chi connectivity index (χ1v) is 5.36. The molecule has 0 amide bonds. The quantitative estimate of drug-likeness (QED) is 0.758. The largest absolute Gasteiger partial charge is 0.507 e. The lowest BCUT2D eigenvalue weighted by molar-refractivity contribution is 0.434. The van der Waals surface area contributed by atoms with E-state index < -0.39 is 0 Å². The fourth-order valence-electron chi connectivity index (χ4n) is 1.76. The van der Waals surface area contributed by atoms with Crippen molar-refractivity contribution in [2.45, 2.75) is 13.0 Å². The molecule has 0 aliphatic heterocycles. The number of nitrogens with zero attached hydrogens (tertiary/aromatic N) is 1. The smallest absolute Gasteiger partial charge is 0.124 e. The Morgan fingerprint density at radius 3 is 2.41 bits per heavy atom. The van der Waals surface area contributed by atoms with E-state index in [0.717, 1.165) is 5.69 Å². The van der Waals surface area contributed by atoms with Crippen LogP contribution in [-0.4, -0.2) is 15.2 Å². The summed E-state index contributed by atoms with van der Waals surface area (Å²) >= 11 is 0. The van der Waals surface area contributed by atoms with E-state index in [0.29, 0.717) is 5.56 Å². The molecular weight excluding hydrogens is 216 g/mol. The molecule has 0 bridgehead atoms. The van der Waals surface area contributed by atoms with E-state index in [1.54, 1.807) is 30.6 Å². The van der Waals surface area contributed by atoms with Crippen LogP contribution < -0.4 is 5.32 Å². The van der Waals surface area contributed by atoms with Crippen molar-refractivity contribution >= 4 is 5.69 Å². The molecule has 1 atom stereocenters. The Labute approximate surface area is 99.6 Å². The number of benzene rings is 1. The van der Waals surface area contributed by atoms with Crippen LogP contribution in [0.25, 0.3) is 0 Å². The fourth-order valence-corrected chi connectivity index (χ4v) is 1.76. The Balaban J connectivity index is 2.23. The van der Waals surface area contributed by atoms with Gasteiger partial charge in [0, 0.05) is 12.4 Å². The highest BCUT2D eigenvalue weighted by atomic mass is 16.3. The van der Waals surface area contributed by atoms with Gasteiger partial charge in [0.05, 0.1) is 17.3 Å². The van der Waals surface area contributed by atoms with Crippen LogP contribution in [0.4, 0.5) is 5.69 Å². The van der Waals surface area contributed by atoms with Gasteiger partial charge >= 0.3 is 0 Å². The van der Waals surface area contributed by atoms with Crippen molar-refractivity contribution < 1.29 is 10.2 Å². The topological polar surface area (TPSA) is 65.4 Å². The summed E-state index contributed by atoms with van der Waals surface area (Å²) in [4.78, 5) is 3.99. The van der Waals surface area contributed by atoms with Crippen LogP contribution >= 0.6 is 0 Å². The van der Waals surface area contributed by atoms with Crippen LogP contribution in [0.15, 0.2) is 42.7 Å². The molecule has 0 aliphatic rings. The number of pyridine rings is 1. The molecule has 0 fully saturated rings. The first-order valence-electron chi connectivity index (χ1n) is 5.36. The molecule has 88 valence electrons. The number of nitrogens with one attached hydrogen (secondary N) is 1. The Kier molecular flexibility index (Phi) is 3.14. The summed E-state index contributed by atoms with van der Waals surface area (Å²) < 4.78 is 0. The lowest BCUT2D eigenvalue weighted by Crippen LogP contribution is -2.07. The highest BCUT2D eigenvalue weighted by Gasteiger charge is 2.14. The van der Waals surface area contributed by atoms with Crippen LogP contribution in [0.3, 0.4) is 0 Å². The monoisotopic (exact) mass is 230 g/mol. The summed E-state index contributed by atoms with van der Waals surface area (Å²) in [5.74, 6) is 0.155. The van der Waals surface area contributed by atoms with Crippen molar-refractivity contribution in [2.24, 2.45) is 0 Å². The van der Waals surface area contributed by atoms with Crippen molar-refractivity contribution in [3.63, 3.8) is 0 Å². The molecule has 3 N–H and O–H groups in total. The molecule has 0 radical (unpaired) electrons. The zero-order chi connectivity index (χ0) is 12.3. The lowest BCUT2D eigenvalue weighted by Gasteiger charge is -2.17. The average molecular weight is 230 g/mol. The zero-order valence-electron chi connectivity index (χ0n) is 9.46. The summed E-state index contributed by atoms with van der Waals surface area (Å²) in [7, 11) is 0. The molecule has 0 saturated heterocycles. The van der Waals surface area contributed by atoms with Gasteiger partial charge in [-0.2, -0.15) is 0 Å². The molecule has 0 aliphatic carbocycles. The zero-order valence-corrected chi connectivity index (χ0v) is 9.46. The number of phenolic OH excluding ortho intramolecular Hbond substituents is 2. The van der Waals surface area contributed by atoms with Crippen molar-refractivity contribution in [1.82, 2.24) is 4.98 Å². The third-order valence-corrected chi connectivity index (χ3v) is 2.54. The first kappa shape index (κ1) is 11.3. The predicted octanol–water partition coefficient (Wildman–Crippen LogP) is 2.67. The summed E-state index contributed by atoms with van der Waals surface area (Å²) in [6.07, 6.45) is 3.38. The van der Waals surface area contributed by atoms with Gasteiger partial charge in [0.2, 0.25) is 0 Å². The summed E-state index contributed by atoms with van der Waals surface area (Å²) in [6.45, 7) is 1.86. The second-order valence-electron chi connectivity index (χ2n) is 3.82. The molecule has 1 aromatic carbocycles. The molecule has 1 aromatic heterocycles. The van der Waals surface area contributed by atoms with Crippen LogP contribution in [-0.2, 0) is 0 Å². The standard InChI is InChI=1S/C13H14N2O2/c1-9(15-10-4-3-7-14-8-10)13-11(16)5-2-6-12(13)17/h2-9,15-17H,1H3. The van der Waals surface area contributed by atoms with Crippen LogP contribution in [0.1, 0.15) is 18.5 Å². The highest BCUT2D eigenvalue weighted by Crippen LogP contribution is 2.33. The van der Waals surface area contributed by atoms with E-state index in [1.165, 1.54) is 0 Å². The fraction of sp³-hybridized carbons (Fsp3) is 0.154. The summed E-state index contributed by atoms with van der Waals surface area (Å²) in [5, 5.41) is 22.6. The van der Waals surface area contributed by atoms with Crippen LogP contribution in [0, 0.1) is 0 Å². The van der Waals surface area contributed by atoms with E-state index in [4.69, 9.17) is 0 Å². The van der Waals surface area contributed by atoms with Gasteiger partial charge in [0.1, 0.15) is 11.5 Å². The van der Waals surface area contributed by atoms with Gasteiger partial charge in [-0.3, -0.25) is 4.98 Å². The predicted molar refractivity (Wildman–Crippen MR) is 66.0 cm³/mol. The number of hydrogen-bond acceptors (Lipinski definition) is 4. The molecule has 2 rings (SSSR count). The maximum Gasteiger partial charge on any atom is 0.124 e. The molecule has 0 saturated carbocycles. The number of hydrogen-bond donors (Lipinski definition) is 3. The number of aromatic nitrogens is 1. The SMILES string of the molecule is CC(Nc1cccnc1)c1c(O)cccc1O. The van der Waals surface area contributed by atoms with Gasteiger partial charge in [0.15, 0.2) is 0 Å². The molecule has 4 nitrogen and oxygen atoms in total. The van der Waals surface area contributed by atoms with Crippen LogP contribution in [0.2, 0.25) is 0 Å². The maximum atomic E-state index is 9.72. The van der Waals surface area contributed by atoms with Gasteiger partial charge in [-0.1, -0.05) is 6.07 Å². The molecule has 1 heterocycles. The highest BCUT2D eigenvalue weighted by molar-refractivity contribution is 5.50. The van der Waals surface area contributed by atoms with Crippen molar-refractivity contribution in [3.8, 4) is 11.5 Å². The Morgan fingerprint density at radius 1 is 1.12 bits per heavy atom. The van der Waals surface area contributed by atoms with E-state index >= 15 is 0 Å². The minimum Gasteiger partial charge on any atom is -0.507 e. The molecule has 0 spiro atoms. The molecule has 1 unspecified atom stereocenters. The lowest BCUT2D eigenvalue weighted by atomic mass is 10.1. The van der Waals surface area contributed by atoms with Gasteiger partial charge in [-0.25, -0.2) is 0 Å². The second-order valence-corrected chi connectivity index (χ2v) is 3.82. The molecule has 4 heteroatoms. The van der Waals surface area contributed by atoms with E-state index in [-0.39, 0.29) is 17.5 Å². The van der Waals surface area contributed by atoms with Crippen molar-refractivity contribution in [3.05, 3.63) is 48.3 Å². The van der Waals surface area contributed by atoms with Gasteiger partial charge < -0.3 is 15.5 Å². The number of anilines is 1.